The largest absolute Gasteiger partial charge is 0.493 e. The van der Waals surface area contributed by atoms with Crippen LogP contribution >= 0.6 is 11.3 Å². The van der Waals surface area contributed by atoms with Crippen molar-refractivity contribution in [3.05, 3.63) is 46.9 Å². The van der Waals surface area contributed by atoms with E-state index >= 15 is 0 Å². The minimum Gasteiger partial charge on any atom is -0.493 e. The average Bonchev–Trinajstić information content (AvgIpc) is 3.17. The maximum absolute atomic E-state index is 6.06. The van der Waals surface area contributed by atoms with Gasteiger partial charge in [-0.3, -0.25) is 0 Å². The second-order valence-electron chi connectivity index (χ2n) is 8.93. The monoisotopic (exact) mass is 464 g/mol. The number of anilines is 1. The molecule has 5 rings (SSSR count). The molecule has 0 bridgehead atoms. The molecule has 4 aromatic rings. The number of fused-ring (bicyclic) bond motifs is 5. The summed E-state index contributed by atoms with van der Waals surface area (Å²) in [7, 11) is 3.30. The van der Waals surface area contributed by atoms with Crippen LogP contribution in [0.4, 0.5) is 5.82 Å². The van der Waals surface area contributed by atoms with Crippen molar-refractivity contribution in [1.29, 1.82) is 0 Å². The fourth-order valence-corrected chi connectivity index (χ4v) is 5.63. The van der Waals surface area contributed by atoms with Gasteiger partial charge in [0, 0.05) is 29.6 Å². The average molecular weight is 465 g/mol. The van der Waals surface area contributed by atoms with Crippen molar-refractivity contribution >= 4 is 37.6 Å². The lowest BCUT2D eigenvalue weighted by molar-refractivity contribution is -0.0400. The van der Waals surface area contributed by atoms with Crippen LogP contribution in [0.25, 0.3) is 20.4 Å². The maximum Gasteiger partial charge on any atom is 0.160 e. The highest BCUT2D eigenvalue weighted by Gasteiger charge is 2.30. The summed E-state index contributed by atoms with van der Waals surface area (Å²) in [6, 6.07) is 6.00. The number of nitrogens with one attached hydrogen (secondary N) is 1. The molecule has 7 nitrogen and oxygen atoms in total. The molecule has 0 unspecified atom stereocenters. The van der Waals surface area contributed by atoms with E-state index in [-0.39, 0.29) is 5.60 Å². The Morgan fingerprint density at radius 1 is 1.12 bits per heavy atom. The van der Waals surface area contributed by atoms with Crippen molar-refractivity contribution in [2.75, 3.05) is 26.1 Å². The molecule has 172 valence electrons. The van der Waals surface area contributed by atoms with Crippen LogP contribution < -0.4 is 14.8 Å². The van der Waals surface area contributed by atoms with E-state index in [1.54, 1.807) is 31.9 Å². The van der Waals surface area contributed by atoms with Crippen molar-refractivity contribution in [1.82, 2.24) is 15.0 Å². The zero-order valence-electron chi connectivity index (χ0n) is 19.6. The van der Waals surface area contributed by atoms with Gasteiger partial charge in [0.2, 0.25) is 0 Å². The molecule has 0 radical (unpaired) electrons. The summed E-state index contributed by atoms with van der Waals surface area (Å²) in [5.41, 5.74) is 5.49. The number of benzene rings is 1. The Balaban J connectivity index is 1.46. The molecule has 0 spiro atoms. The van der Waals surface area contributed by atoms with Crippen molar-refractivity contribution < 1.29 is 14.2 Å². The molecule has 4 heterocycles. The third-order valence-corrected chi connectivity index (χ3v) is 7.27. The number of rotatable bonds is 6. The van der Waals surface area contributed by atoms with E-state index in [4.69, 9.17) is 19.2 Å². The molecule has 1 N–H and O–H groups in total. The highest BCUT2D eigenvalue weighted by Crippen LogP contribution is 2.41. The zero-order chi connectivity index (χ0) is 23.2. The standard InChI is InChI=1S/C25H28N4O3S/c1-14-17-12-32-25(2,3)11-16(17)20-21-22(33-24(20)29-14)23(28-13-27-21)26-9-8-15-6-7-18(30-4)19(10-15)31-5/h6-7,10,13H,8-9,11-12H2,1-5H3,(H,26,27,28). The van der Waals surface area contributed by atoms with E-state index < -0.39 is 0 Å². The molecule has 0 saturated carbocycles. The quantitative estimate of drug-likeness (QED) is 0.427. The number of hydrogen-bond acceptors (Lipinski definition) is 8. The summed E-state index contributed by atoms with van der Waals surface area (Å²) in [4.78, 5) is 15.1. The topological polar surface area (TPSA) is 78.4 Å². The highest BCUT2D eigenvalue weighted by molar-refractivity contribution is 7.26. The molecule has 8 heteroatoms. The summed E-state index contributed by atoms with van der Waals surface area (Å²) in [6.07, 6.45) is 3.32. The summed E-state index contributed by atoms with van der Waals surface area (Å²) in [5.74, 6) is 2.32. The number of thiophene rings is 1. The van der Waals surface area contributed by atoms with E-state index in [1.807, 2.05) is 12.1 Å². The minimum atomic E-state index is -0.199. The fraction of sp³-hybridized carbons (Fsp3) is 0.400. The molecule has 1 aliphatic heterocycles. The van der Waals surface area contributed by atoms with Gasteiger partial charge in [-0.05, 0) is 50.5 Å². The first-order valence-electron chi connectivity index (χ1n) is 11.0. The molecule has 0 fully saturated rings. The van der Waals surface area contributed by atoms with E-state index in [2.05, 4.69) is 42.1 Å². The van der Waals surface area contributed by atoms with Gasteiger partial charge in [-0.2, -0.15) is 0 Å². The molecule has 0 aliphatic carbocycles. The lowest BCUT2D eigenvalue weighted by Gasteiger charge is -2.32. The normalized spacial score (nSPS) is 14.9. The zero-order valence-corrected chi connectivity index (χ0v) is 20.4. The number of hydrogen-bond donors (Lipinski definition) is 1. The van der Waals surface area contributed by atoms with Crippen LogP contribution in [0.5, 0.6) is 11.5 Å². The molecule has 0 amide bonds. The van der Waals surface area contributed by atoms with Gasteiger partial charge in [-0.1, -0.05) is 6.07 Å². The SMILES string of the molecule is COc1ccc(CCNc2ncnc3c2sc2nc(C)c4c(c23)CC(C)(C)OC4)cc1OC. The van der Waals surface area contributed by atoms with Crippen LogP contribution in [0.2, 0.25) is 0 Å². The van der Waals surface area contributed by atoms with Crippen LogP contribution in [-0.2, 0) is 24.2 Å². The third-order valence-electron chi connectivity index (χ3n) is 6.19. The predicted molar refractivity (Wildman–Crippen MR) is 132 cm³/mol. The second kappa shape index (κ2) is 8.43. The molecule has 3 aromatic heterocycles. The number of aromatic nitrogens is 3. The summed E-state index contributed by atoms with van der Waals surface area (Å²) in [5, 5.41) is 4.66. The van der Waals surface area contributed by atoms with Gasteiger partial charge >= 0.3 is 0 Å². The second-order valence-corrected chi connectivity index (χ2v) is 9.93. The van der Waals surface area contributed by atoms with Gasteiger partial charge < -0.3 is 19.5 Å². The van der Waals surface area contributed by atoms with Gasteiger partial charge in [-0.15, -0.1) is 11.3 Å². The van der Waals surface area contributed by atoms with Crippen molar-refractivity contribution in [3.8, 4) is 11.5 Å². The lowest BCUT2D eigenvalue weighted by Crippen LogP contribution is -2.32. The van der Waals surface area contributed by atoms with Gasteiger partial charge in [0.15, 0.2) is 11.5 Å². The van der Waals surface area contributed by atoms with E-state index in [9.17, 15) is 0 Å². The lowest BCUT2D eigenvalue weighted by atomic mass is 9.89. The first kappa shape index (κ1) is 21.9. The van der Waals surface area contributed by atoms with E-state index in [1.165, 1.54) is 11.1 Å². The number of methoxy groups -OCH3 is 2. The van der Waals surface area contributed by atoms with Crippen LogP contribution in [0, 0.1) is 6.92 Å². The van der Waals surface area contributed by atoms with Gasteiger partial charge in [-0.25, -0.2) is 15.0 Å². The number of nitrogens with zero attached hydrogens (tertiary/aromatic N) is 3. The third kappa shape index (κ3) is 3.98. The molecule has 0 atom stereocenters. The van der Waals surface area contributed by atoms with Crippen LogP contribution in [0.1, 0.15) is 36.2 Å². The van der Waals surface area contributed by atoms with Gasteiger partial charge in [0.05, 0.1) is 36.6 Å². The van der Waals surface area contributed by atoms with Crippen molar-refractivity contribution in [3.63, 3.8) is 0 Å². The van der Waals surface area contributed by atoms with Gasteiger partial charge in [0.25, 0.3) is 0 Å². The summed E-state index contributed by atoms with van der Waals surface area (Å²) in [6.45, 7) is 7.68. The Morgan fingerprint density at radius 3 is 2.73 bits per heavy atom. The van der Waals surface area contributed by atoms with Crippen LogP contribution in [0.3, 0.4) is 0 Å². The van der Waals surface area contributed by atoms with Gasteiger partial charge in [0.1, 0.15) is 17.0 Å². The van der Waals surface area contributed by atoms with Crippen LogP contribution in [0.15, 0.2) is 24.5 Å². The highest BCUT2D eigenvalue weighted by atomic mass is 32.1. The summed E-state index contributed by atoms with van der Waals surface area (Å²) >= 11 is 1.66. The predicted octanol–water partition coefficient (Wildman–Crippen LogP) is 5.07. The number of pyridine rings is 1. The molecule has 33 heavy (non-hydrogen) atoms. The van der Waals surface area contributed by atoms with Crippen LogP contribution in [-0.4, -0.2) is 41.3 Å². The maximum atomic E-state index is 6.06. The Morgan fingerprint density at radius 2 is 1.94 bits per heavy atom. The van der Waals surface area contributed by atoms with E-state index in [0.717, 1.165) is 68.4 Å². The Hall–Kier alpha value is -2.97. The van der Waals surface area contributed by atoms with Crippen molar-refractivity contribution in [2.24, 2.45) is 0 Å². The van der Waals surface area contributed by atoms with Crippen molar-refractivity contribution in [2.45, 2.75) is 45.8 Å². The fourth-order valence-electron chi connectivity index (χ4n) is 4.46. The smallest absolute Gasteiger partial charge is 0.160 e. The molecular formula is C25H28N4O3S. The first-order chi connectivity index (χ1) is 15.9. The van der Waals surface area contributed by atoms with E-state index in [0.29, 0.717) is 6.61 Å². The molecule has 1 aromatic carbocycles. The minimum absolute atomic E-state index is 0.199. The number of aryl methyl sites for hydroxylation is 1. The summed E-state index contributed by atoms with van der Waals surface area (Å²) < 4.78 is 17.9. The molecule has 0 saturated heterocycles. The molecule has 1 aliphatic rings. The Kier molecular flexibility index (Phi) is 5.58. The molecular weight excluding hydrogens is 436 g/mol. The number of ether oxygens (including phenoxy) is 3. The first-order valence-corrected chi connectivity index (χ1v) is 11.9. The Labute approximate surface area is 197 Å². The Bertz CT molecular complexity index is 1350.